The van der Waals surface area contributed by atoms with Gasteiger partial charge in [0, 0.05) is 12.8 Å². The first-order valence-corrected chi connectivity index (χ1v) is 28.0. The van der Waals surface area contributed by atoms with Crippen LogP contribution in [-0.4, -0.2) is 36.4 Å². The van der Waals surface area contributed by atoms with Crippen molar-refractivity contribution in [2.75, 3.05) is 13.2 Å². The molecule has 1 unspecified atom stereocenters. The lowest BCUT2D eigenvalue weighted by Crippen LogP contribution is -2.28. The molecule has 0 rings (SSSR count). The summed E-state index contributed by atoms with van der Waals surface area (Å²) in [7, 11) is 0. The molecule has 0 fully saturated rings. The van der Waals surface area contributed by atoms with Crippen molar-refractivity contribution < 1.29 is 24.2 Å². The van der Waals surface area contributed by atoms with E-state index in [9.17, 15) is 14.7 Å². The first-order chi connectivity index (χ1) is 34.6. The van der Waals surface area contributed by atoms with Crippen LogP contribution in [0.1, 0.15) is 219 Å². The Morgan fingerprint density at radius 3 is 0.857 bits per heavy atom. The maximum atomic E-state index is 12.3. The van der Waals surface area contributed by atoms with Gasteiger partial charge in [-0.2, -0.15) is 0 Å². The smallest absolute Gasteiger partial charge is 0.306 e. The van der Waals surface area contributed by atoms with Crippen LogP contribution in [-0.2, 0) is 19.1 Å². The molecular formula is C65H102O5. The van der Waals surface area contributed by atoms with Crippen LogP contribution < -0.4 is 0 Å². The van der Waals surface area contributed by atoms with E-state index in [2.05, 4.69) is 172 Å². The highest BCUT2D eigenvalue weighted by atomic mass is 16.6. The number of ether oxygens (including phenoxy) is 2. The van der Waals surface area contributed by atoms with E-state index in [4.69, 9.17) is 9.47 Å². The average Bonchev–Trinajstić information content (AvgIpc) is 3.36. The number of allylic oxidation sites excluding steroid dienone is 26. The second kappa shape index (κ2) is 58.8. The third kappa shape index (κ3) is 56.1. The highest BCUT2D eigenvalue weighted by Crippen LogP contribution is 2.14. The van der Waals surface area contributed by atoms with Gasteiger partial charge in [-0.15, -0.1) is 0 Å². The molecule has 0 aromatic carbocycles. The molecular weight excluding hydrogens is 861 g/mol. The van der Waals surface area contributed by atoms with Crippen LogP contribution in [0, 0.1) is 0 Å². The Hall–Kier alpha value is -4.48. The van der Waals surface area contributed by atoms with Crippen molar-refractivity contribution in [1.82, 2.24) is 0 Å². The monoisotopic (exact) mass is 963 g/mol. The highest BCUT2D eigenvalue weighted by Gasteiger charge is 2.16. The van der Waals surface area contributed by atoms with Crippen LogP contribution in [0.5, 0.6) is 0 Å². The molecule has 1 N–H and O–H groups in total. The van der Waals surface area contributed by atoms with Gasteiger partial charge in [-0.3, -0.25) is 9.59 Å². The fourth-order valence-corrected chi connectivity index (χ4v) is 7.18. The van der Waals surface area contributed by atoms with Gasteiger partial charge >= 0.3 is 11.9 Å². The number of aliphatic hydroxyl groups excluding tert-OH is 1. The number of hydrogen-bond donors (Lipinski definition) is 1. The Labute approximate surface area is 430 Å². The molecule has 0 aliphatic rings. The summed E-state index contributed by atoms with van der Waals surface area (Å²) in [5.41, 5.74) is 0. The highest BCUT2D eigenvalue weighted by molar-refractivity contribution is 5.70. The van der Waals surface area contributed by atoms with E-state index >= 15 is 0 Å². The van der Waals surface area contributed by atoms with Gasteiger partial charge in [0.05, 0.1) is 6.61 Å². The second-order valence-corrected chi connectivity index (χ2v) is 17.9. The summed E-state index contributed by atoms with van der Waals surface area (Å²) in [5.74, 6) is -0.626. The maximum absolute atomic E-state index is 12.3. The third-order valence-corrected chi connectivity index (χ3v) is 11.3. The van der Waals surface area contributed by atoms with E-state index in [1.54, 1.807) is 0 Å². The first kappa shape index (κ1) is 65.5. The van der Waals surface area contributed by atoms with Gasteiger partial charge in [-0.1, -0.05) is 242 Å². The maximum Gasteiger partial charge on any atom is 0.306 e. The van der Waals surface area contributed by atoms with E-state index < -0.39 is 6.10 Å². The zero-order chi connectivity index (χ0) is 50.6. The Balaban J connectivity index is 3.60. The number of hydrogen-bond acceptors (Lipinski definition) is 5. The summed E-state index contributed by atoms with van der Waals surface area (Å²) >= 11 is 0. The van der Waals surface area contributed by atoms with Gasteiger partial charge in [-0.05, 0) is 122 Å². The fourth-order valence-electron chi connectivity index (χ4n) is 7.18. The Kier molecular flexibility index (Phi) is 55.1. The molecule has 1 atom stereocenters. The van der Waals surface area contributed by atoms with Crippen LogP contribution >= 0.6 is 0 Å². The van der Waals surface area contributed by atoms with Crippen molar-refractivity contribution in [1.29, 1.82) is 0 Å². The fraction of sp³-hybridized carbons (Fsp3) is 0.569. The summed E-state index contributed by atoms with van der Waals surface area (Å²) in [5, 5.41) is 9.63. The van der Waals surface area contributed by atoms with Gasteiger partial charge in [0.1, 0.15) is 6.61 Å². The predicted molar refractivity (Wildman–Crippen MR) is 306 cm³/mol. The molecule has 0 amide bonds. The number of aliphatic hydroxyl groups is 1. The minimum atomic E-state index is -0.792. The van der Waals surface area contributed by atoms with E-state index in [0.29, 0.717) is 12.8 Å². The molecule has 0 radical (unpaired) electrons. The van der Waals surface area contributed by atoms with E-state index in [1.807, 2.05) is 0 Å². The normalized spacial score (nSPS) is 13.5. The molecule has 5 heteroatoms. The molecule has 70 heavy (non-hydrogen) atoms. The molecule has 0 saturated carbocycles. The Bertz CT molecular complexity index is 1560. The van der Waals surface area contributed by atoms with Crippen LogP contribution in [0.15, 0.2) is 158 Å². The molecule has 5 nitrogen and oxygen atoms in total. The van der Waals surface area contributed by atoms with E-state index in [0.717, 1.165) is 135 Å². The molecule has 0 bridgehead atoms. The predicted octanol–water partition coefficient (Wildman–Crippen LogP) is 19.2. The molecule has 0 aliphatic heterocycles. The zero-order valence-electron chi connectivity index (χ0n) is 44.7. The molecule has 0 heterocycles. The van der Waals surface area contributed by atoms with Crippen LogP contribution in [0.25, 0.3) is 0 Å². The SMILES string of the molecule is CC/C=C\C/C=C\C/C=C\C/C=C\C/C=C\C/C=C\C/C=C\C/C=C\C/C=C\C/C=C\CCCCCCCCCCCCC(=O)OC(CO)COC(=O)CCCCCCC/C=C\C/C=C\C/C=C\CC. The van der Waals surface area contributed by atoms with Crippen molar-refractivity contribution in [2.24, 2.45) is 0 Å². The van der Waals surface area contributed by atoms with Crippen molar-refractivity contribution in [3.63, 3.8) is 0 Å². The standard InChI is InChI=1S/C65H102O5/c1-3-5-7-9-11-13-15-17-19-20-21-22-23-24-25-26-27-28-29-30-31-32-33-34-35-36-37-38-39-40-41-42-43-44-46-48-50-52-54-56-58-60-65(68)70-63(61-66)62-69-64(67)59-57-55-53-51-49-47-45-18-16-14-12-10-8-6-4-2/h5-8,11-14,17-19,21-22,24-25,27-28,30-31,33-34,36-37,39-40,45,63,66H,3-4,9-10,15-16,20,23,26,29,32,35,38,41-44,46-62H2,1-2H3/b7-5-,8-6-,13-11-,14-12-,19-17-,22-21-,25-24-,28-27-,31-30-,34-33-,37-36-,40-39-,45-18-. The molecule has 0 aromatic heterocycles. The second-order valence-electron chi connectivity index (χ2n) is 17.9. The lowest BCUT2D eigenvalue weighted by atomic mass is 10.0. The minimum absolute atomic E-state index is 0.0852. The topological polar surface area (TPSA) is 72.8 Å². The summed E-state index contributed by atoms with van der Waals surface area (Å²) in [4.78, 5) is 24.4. The number of esters is 2. The molecule has 0 aromatic rings. The Morgan fingerprint density at radius 2 is 0.571 bits per heavy atom. The van der Waals surface area contributed by atoms with Gasteiger partial charge in [0.2, 0.25) is 0 Å². The zero-order valence-corrected chi connectivity index (χ0v) is 44.7. The first-order valence-electron chi connectivity index (χ1n) is 28.0. The largest absolute Gasteiger partial charge is 0.462 e. The number of carbonyl (C=O) groups is 2. The van der Waals surface area contributed by atoms with E-state index in [1.165, 1.54) is 57.8 Å². The van der Waals surface area contributed by atoms with Crippen molar-refractivity contribution in [3.8, 4) is 0 Å². The van der Waals surface area contributed by atoms with Crippen LogP contribution in [0.4, 0.5) is 0 Å². The lowest BCUT2D eigenvalue weighted by molar-refractivity contribution is -0.161. The van der Waals surface area contributed by atoms with Crippen molar-refractivity contribution >= 4 is 11.9 Å². The van der Waals surface area contributed by atoms with Crippen molar-refractivity contribution in [3.05, 3.63) is 158 Å². The number of carbonyl (C=O) groups excluding carboxylic acids is 2. The quantitative estimate of drug-likeness (QED) is 0.0374. The molecule has 0 saturated heterocycles. The van der Waals surface area contributed by atoms with Gasteiger partial charge < -0.3 is 14.6 Å². The molecule has 392 valence electrons. The summed E-state index contributed by atoms with van der Waals surface area (Å²) in [6, 6.07) is 0. The van der Waals surface area contributed by atoms with Gasteiger partial charge in [0.25, 0.3) is 0 Å². The minimum Gasteiger partial charge on any atom is -0.462 e. The average molecular weight is 964 g/mol. The van der Waals surface area contributed by atoms with Gasteiger partial charge in [0.15, 0.2) is 6.10 Å². The third-order valence-electron chi connectivity index (χ3n) is 11.3. The lowest BCUT2D eigenvalue weighted by Gasteiger charge is -2.15. The van der Waals surface area contributed by atoms with Crippen LogP contribution in [0.2, 0.25) is 0 Å². The summed E-state index contributed by atoms with van der Waals surface area (Å²) < 4.78 is 10.7. The number of rotatable bonds is 49. The van der Waals surface area contributed by atoms with Crippen molar-refractivity contribution in [2.45, 2.75) is 225 Å². The Morgan fingerprint density at radius 1 is 0.329 bits per heavy atom. The van der Waals surface area contributed by atoms with Crippen LogP contribution in [0.3, 0.4) is 0 Å². The summed E-state index contributed by atoms with van der Waals surface area (Å²) in [6.45, 7) is 3.88. The van der Waals surface area contributed by atoms with E-state index in [-0.39, 0.29) is 25.2 Å². The number of unbranched alkanes of at least 4 members (excludes halogenated alkanes) is 15. The van der Waals surface area contributed by atoms with Gasteiger partial charge in [-0.25, -0.2) is 0 Å². The molecule has 0 aliphatic carbocycles. The molecule has 0 spiro atoms. The summed E-state index contributed by atoms with van der Waals surface area (Å²) in [6.07, 6.45) is 90.7.